The Labute approximate surface area is 160 Å². The van der Waals surface area contributed by atoms with Crippen molar-refractivity contribution < 1.29 is 29.0 Å². The van der Waals surface area contributed by atoms with E-state index < -0.39 is 5.92 Å². The Balaban J connectivity index is 2.56. The van der Waals surface area contributed by atoms with E-state index in [0.29, 0.717) is 26.0 Å². The first-order chi connectivity index (χ1) is 13.0. The number of esters is 1. The van der Waals surface area contributed by atoms with Gasteiger partial charge in [0.05, 0.1) is 31.8 Å². The summed E-state index contributed by atoms with van der Waals surface area (Å²) < 4.78 is 10.3. The van der Waals surface area contributed by atoms with E-state index in [1.807, 2.05) is 12.2 Å². The number of nitrogens with one attached hydrogen (secondary N) is 2. The molecule has 2 atom stereocenters. The summed E-state index contributed by atoms with van der Waals surface area (Å²) in [6, 6.07) is -0.314. The minimum Gasteiger partial charge on any atom is -0.464 e. The summed E-state index contributed by atoms with van der Waals surface area (Å²) in [7, 11) is 0. The van der Waals surface area contributed by atoms with Crippen LogP contribution in [-0.2, 0) is 23.9 Å². The predicted octanol–water partition coefficient (Wildman–Crippen LogP) is 0.686. The molecule has 0 aromatic rings. The highest BCUT2D eigenvalue weighted by molar-refractivity contribution is 5.86. The molecule has 0 saturated heterocycles. The van der Waals surface area contributed by atoms with Crippen molar-refractivity contribution in [2.45, 2.75) is 51.5 Å². The lowest BCUT2D eigenvalue weighted by Crippen LogP contribution is -2.41. The van der Waals surface area contributed by atoms with E-state index in [9.17, 15) is 14.4 Å². The van der Waals surface area contributed by atoms with Crippen LogP contribution >= 0.6 is 0 Å². The molecule has 0 aliphatic carbocycles. The molecule has 0 aromatic carbocycles. The maximum atomic E-state index is 12.5. The smallest absolute Gasteiger partial charge is 0.305 e. The molecular formula is C19H32N2O6. The van der Waals surface area contributed by atoms with E-state index >= 15 is 0 Å². The highest BCUT2D eigenvalue weighted by Gasteiger charge is 2.22. The highest BCUT2D eigenvalue weighted by Crippen LogP contribution is 2.12. The topological polar surface area (TPSA) is 114 Å². The Hall–Kier alpha value is -1.93. The zero-order chi connectivity index (χ0) is 19.9. The van der Waals surface area contributed by atoms with Crippen molar-refractivity contribution in [2.24, 2.45) is 5.92 Å². The lowest BCUT2D eigenvalue weighted by atomic mass is 9.98. The Morgan fingerprint density at radius 3 is 2.93 bits per heavy atom. The van der Waals surface area contributed by atoms with Gasteiger partial charge in [-0.15, -0.1) is 0 Å². The van der Waals surface area contributed by atoms with Crippen LogP contribution in [0.15, 0.2) is 12.2 Å². The lowest BCUT2D eigenvalue weighted by molar-refractivity contribution is -0.145. The van der Waals surface area contributed by atoms with Crippen LogP contribution in [0.3, 0.4) is 0 Å². The molecule has 2 amide bonds. The van der Waals surface area contributed by atoms with Crippen molar-refractivity contribution in [3.63, 3.8) is 0 Å². The first-order valence-electron chi connectivity index (χ1n) is 9.59. The largest absolute Gasteiger partial charge is 0.464 e. The molecule has 2 unspecified atom stereocenters. The van der Waals surface area contributed by atoms with Gasteiger partial charge < -0.3 is 25.2 Å². The number of allylic oxidation sites excluding steroid dienone is 2. The lowest BCUT2D eigenvalue weighted by Gasteiger charge is -2.19. The number of aliphatic hydroxyl groups is 1. The number of cyclic esters (lactones) is 1. The Kier molecular flexibility index (Phi) is 12.1. The van der Waals surface area contributed by atoms with Gasteiger partial charge in [-0.1, -0.05) is 12.2 Å². The van der Waals surface area contributed by atoms with Crippen LogP contribution in [0.2, 0.25) is 0 Å². The number of hydrogen-bond donors (Lipinski definition) is 3. The number of ether oxygens (including phenoxy) is 2. The van der Waals surface area contributed by atoms with Crippen molar-refractivity contribution in [3.05, 3.63) is 12.2 Å². The molecule has 0 fully saturated rings. The zero-order valence-corrected chi connectivity index (χ0v) is 16.1. The molecule has 1 aliphatic heterocycles. The van der Waals surface area contributed by atoms with Gasteiger partial charge in [-0.3, -0.25) is 14.4 Å². The standard InChI is InChI=1S/C19H32N2O6/c1-15-14-27-18(24)8-6-4-2-3-5-7-16(19(25)21-15)13-17(23)20-9-11-26-12-10-22/h3,5,15-16,22H,2,4,6-14H2,1H3,(H,20,23)(H,21,25). The summed E-state index contributed by atoms with van der Waals surface area (Å²) in [5.74, 6) is -1.19. The van der Waals surface area contributed by atoms with Crippen molar-refractivity contribution in [1.29, 1.82) is 0 Å². The van der Waals surface area contributed by atoms with Crippen LogP contribution < -0.4 is 10.6 Å². The number of aliphatic hydroxyl groups excluding tert-OH is 1. The second-order valence-electron chi connectivity index (χ2n) is 6.63. The Bertz CT molecular complexity index is 495. The molecule has 154 valence electrons. The van der Waals surface area contributed by atoms with Crippen molar-refractivity contribution in [2.75, 3.05) is 33.0 Å². The van der Waals surface area contributed by atoms with E-state index in [1.165, 1.54) is 0 Å². The fourth-order valence-electron chi connectivity index (χ4n) is 2.61. The van der Waals surface area contributed by atoms with Crippen LogP contribution in [-0.4, -0.2) is 61.9 Å². The average Bonchev–Trinajstić information content (AvgIpc) is 2.63. The molecule has 8 heteroatoms. The molecule has 0 radical (unpaired) electrons. The second-order valence-corrected chi connectivity index (χ2v) is 6.63. The average molecular weight is 384 g/mol. The molecule has 3 N–H and O–H groups in total. The van der Waals surface area contributed by atoms with Crippen LogP contribution in [0.25, 0.3) is 0 Å². The van der Waals surface area contributed by atoms with Crippen LogP contribution in [0.5, 0.6) is 0 Å². The van der Waals surface area contributed by atoms with Gasteiger partial charge in [-0.05, 0) is 32.6 Å². The van der Waals surface area contributed by atoms with E-state index in [4.69, 9.17) is 14.6 Å². The quantitative estimate of drug-likeness (QED) is 0.338. The van der Waals surface area contributed by atoms with Gasteiger partial charge in [0.15, 0.2) is 0 Å². The predicted molar refractivity (Wildman–Crippen MR) is 99.8 cm³/mol. The fraction of sp³-hybridized carbons (Fsp3) is 0.737. The van der Waals surface area contributed by atoms with Gasteiger partial charge in [-0.2, -0.15) is 0 Å². The number of amides is 2. The van der Waals surface area contributed by atoms with E-state index in [-0.39, 0.29) is 50.1 Å². The first kappa shape index (κ1) is 23.1. The van der Waals surface area contributed by atoms with E-state index in [1.54, 1.807) is 6.92 Å². The summed E-state index contributed by atoms with van der Waals surface area (Å²) in [6.45, 7) is 2.70. The summed E-state index contributed by atoms with van der Waals surface area (Å²) >= 11 is 0. The third kappa shape index (κ3) is 11.4. The molecule has 0 saturated carbocycles. The van der Waals surface area contributed by atoms with Crippen LogP contribution in [0, 0.1) is 5.92 Å². The molecule has 0 spiro atoms. The van der Waals surface area contributed by atoms with Gasteiger partial charge >= 0.3 is 5.97 Å². The minimum absolute atomic E-state index is 0.0595. The van der Waals surface area contributed by atoms with Gasteiger partial charge in [0.1, 0.15) is 6.61 Å². The molecule has 1 aliphatic rings. The maximum absolute atomic E-state index is 12.5. The molecule has 1 heterocycles. The summed E-state index contributed by atoms with van der Waals surface area (Å²) in [5, 5.41) is 14.2. The van der Waals surface area contributed by atoms with Gasteiger partial charge in [0.25, 0.3) is 0 Å². The molecule has 0 aromatic heterocycles. The normalized spacial score (nSPS) is 22.4. The van der Waals surface area contributed by atoms with Gasteiger partial charge in [-0.25, -0.2) is 0 Å². The second kappa shape index (κ2) is 14.2. The van der Waals surface area contributed by atoms with Crippen LogP contribution in [0.4, 0.5) is 0 Å². The first-order valence-corrected chi connectivity index (χ1v) is 9.59. The molecule has 8 nitrogen and oxygen atoms in total. The number of hydrogen-bond acceptors (Lipinski definition) is 6. The monoisotopic (exact) mass is 384 g/mol. The fourth-order valence-corrected chi connectivity index (χ4v) is 2.61. The molecule has 1 rings (SSSR count). The third-order valence-electron chi connectivity index (χ3n) is 4.08. The van der Waals surface area contributed by atoms with Crippen LogP contribution in [0.1, 0.15) is 45.4 Å². The Morgan fingerprint density at radius 2 is 2.15 bits per heavy atom. The van der Waals surface area contributed by atoms with Gasteiger partial charge in [0, 0.05) is 19.4 Å². The Morgan fingerprint density at radius 1 is 1.33 bits per heavy atom. The molecular weight excluding hydrogens is 352 g/mol. The molecule has 27 heavy (non-hydrogen) atoms. The third-order valence-corrected chi connectivity index (χ3v) is 4.08. The van der Waals surface area contributed by atoms with Crippen molar-refractivity contribution in [3.8, 4) is 0 Å². The number of carbonyl (C=O) groups is 3. The van der Waals surface area contributed by atoms with E-state index in [2.05, 4.69) is 10.6 Å². The van der Waals surface area contributed by atoms with Crippen molar-refractivity contribution in [1.82, 2.24) is 10.6 Å². The van der Waals surface area contributed by atoms with E-state index in [0.717, 1.165) is 19.3 Å². The van der Waals surface area contributed by atoms with Gasteiger partial charge in [0.2, 0.25) is 11.8 Å². The summed E-state index contributed by atoms with van der Waals surface area (Å²) in [6.07, 6.45) is 7.33. The summed E-state index contributed by atoms with van der Waals surface area (Å²) in [5.41, 5.74) is 0. The van der Waals surface area contributed by atoms with Crippen molar-refractivity contribution >= 4 is 17.8 Å². The molecule has 0 bridgehead atoms. The minimum atomic E-state index is -0.485. The summed E-state index contributed by atoms with van der Waals surface area (Å²) in [4.78, 5) is 36.2. The SMILES string of the molecule is CC1COC(=O)CCCCC=CCC(CC(=O)NCCOCCO)C(=O)N1. The highest BCUT2D eigenvalue weighted by atomic mass is 16.5. The maximum Gasteiger partial charge on any atom is 0.305 e. The zero-order valence-electron chi connectivity index (χ0n) is 16.1. The number of carbonyl (C=O) groups excluding carboxylic acids is 3. The number of rotatable bonds is 7.